The van der Waals surface area contributed by atoms with E-state index >= 15 is 0 Å². The van der Waals surface area contributed by atoms with Gasteiger partial charge in [0.15, 0.2) is 0 Å². The molecule has 1 atom stereocenters. The van der Waals surface area contributed by atoms with Gasteiger partial charge in [0.2, 0.25) is 5.91 Å². The normalized spacial score (nSPS) is 16.5. The fraction of sp³-hybridized carbons (Fsp3) is 0.158. The summed E-state index contributed by atoms with van der Waals surface area (Å²) in [5.41, 5.74) is 1.46. The van der Waals surface area contributed by atoms with E-state index in [0.29, 0.717) is 27.0 Å². The number of carbonyl (C=O) groups excluding carboxylic acids is 2. The summed E-state index contributed by atoms with van der Waals surface area (Å²) in [5.74, 6) is -0.949. The maximum absolute atomic E-state index is 13.6. The monoisotopic (exact) mass is 418 g/mol. The van der Waals surface area contributed by atoms with Crippen molar-refractivity contribution < 1.29 is 18.7 Å². The zero-order valence-electron chi connectivity index (χ0n) is 13.9. The molecule has 0 aliphatic carbocycles. The number of nitrogens with one attached hydrogen (secondary N) is 2. The summed E-state index contributed by atoms with van der Waals surface area (Å²) in [6.45, 7) is 0. The molecule has 7 heteroatoms. The van der Waals surface area contributed by atoms with Crippen molar-refractivity contribution in [3.63, 3.8) is 0 Å². The largest absolute Gasteiger partial charge is 0.497 e. The van der Waals surface area contributed by atoms with E-state index < -0.39 is 11.7 Å². The third-order valence-corrected chi connectivity index (χ3v) is 4.78. The van der Waals surface area contributed by atoms with Gasteiger partial charge < -0.3 is 15.4 Å². The van der Waals surface area contributed by atoms with Gasteiger partial charge in [-0.1, -0.05) is 12.1 Å². The summed E-state index contributed by atoms with van der Waals surface area (Å²) in [7, 11) is 1.54. The Bertz CT molecular complexity index is 898. The Labute approximate surface area is 158 Å². The van der Waals surface area contributed by atoms with Crippen LogP contribution in [-0.4, -0.2) is 18.9 Å². The maximum Gasteiger partial charge on any atom is 0.253 e. The molecule has 0 aromatic heterocycles. The lowest BCUT2D eigenvalue weighted by Crippen LogP contribution is -2.32. The van der Waals surface area contributed by atoms with E-state index in [0.717, 1.165) is 0 Å². The summed E-state index contributed by atoms with van der Waals surface area (Å²) < 4.78 is 19.4. The first-order valence-corrected chi connectivity index (χ1v) is 8.67. The van der Waals surface area contributed by atoms with E-state index in [1.54, 1.807) is 30.3 Å². The molecule has 2 aromatic carbocycles. The van der Waals surface area contributed by atoms with Gasteiger partial charge in [0, 0.05) is 34.7 Å². The summed E-state index contributed by atoms with van der Waals surface area (Å²) in [5, 5.41) is 5.36. The third-order valence-electron chi connectivity index (χ3n) is 4.09. The Morgan fingerprint density at radius 2 is 2.12 bits per heavy atom. The van der Waals surface area contributed by atoms with Crippen LogP contribution in [0.2, 0.25) is 0 Å². The second kappa shape index (κ2) is 7.70. The molecule has 0 bridgehead atoms. The lowest BCUT2D eigenvalue weighted by Gasteiger charge is -2.24. The van der Waals surface area contributed by atoms with E-state index in [2.05, 4.69) is 26.6 Å². The molecule has 1 heterocycles. The lowest BCUT2D eigenvalue weighted by molar-refractivity contribution is -0.121. The van der Waals surface area contributed by atoms with Crippen LogP contribution in [0.1, 0.15) is 17.9 Å². The van der Waals surface area contributed by atoms with Crippen molar-refractivity contribution in [1.82, 2.24) is 5.32 Å². The Kier molecular flexibility index (Phi) is 5.37. The van der Waals surface area contributed by atoms with Crippen molar-refractivity contribution in [2.45, 2.75) is 12.3 Å². The lowest BCUT2D eigenvalue weighted by atomic mass is 9.86. The third kappa shape index (κ3) is 3.94. The van der Waals surface area contributed by atoms with Gasteiger partial charge >= 0.3 is 0 Å². The highest BCUT2D eigenvalue weighted by Gasteiger charge is 2.29. The van der Waals surface area contributed by atoms with Crippen LogP contribution in [0.4, 0.5) is 10.1 Å². The zero-order chi connectivity index (χ0) is 18.7. The van der Waals surface area contributed by atoms with Gasteiger partial charge in [0.25, 0.3) is 5.91 Å². The number of amides is 2. The molecular formula is C19H16BrFN2O3. The Morgan fingerprint density at radius 3 is 2.85 bits per heavy atom. The summed E-state index contributed by atoms with van der Waals surface area (Å²) in [6.07, 6.45) is 1.45. The standard InChI is InChI=1S/C19H16BrFN2O3/c1-26-13-5-6-16(20)17(8-13)23-19(25)15-10-22-18(24)9-14(15)11-3-2-4-12(21)7-11/h2-8,10,14H,9H2,1H3,(H,22,24)(H,23,25). The summed E-state index contributed by atoms with van der Waals surface area (Å²) in [4.78, 5) is 24.6. The average Bonchev–Trinajstić information content (AvgIpc) is 2.63. The number of anilines is 1. The molecule has 2 amide bonds. The van der Waals surface area contributed by atoms with Crippen LogP contribution in [0, 0.1) is 5.82 Å². The molecule has 1 unspecified atom stereocenters. The van der Waals surface area contributed by atoms with Crippen molar-refractivity contribution >= 4 is 33.4 Å². The predicted octanol–water partition coefficient (Wildman–Crippen LogP) is 3.72. The number of ether oxygens (including phenoxy) is 1. The Morgan fingerprint density at radius 1 is 1.31 bits per heavy atom. The topological polar surface area (TPSA) is 67.4 Å². The minimum atomic E-state index is -0.524. The minimum Gasteiger partial charge on any atom is -0.497 e. The molecule has 3 rings (SSSR count). The van der Waals surface area contributed by atoms with E-state index in [-0.39, 0.29) is 18.2 Å². The molecule has 5 nitrogen and oxygen atoms in total. The van der Waals surface area contributed by atoms with Gasteiger partial charge in [-0.2, -0.15) is 0 Å². The van der Waals surface area contributed by atoms with E-state index in [1.807, 2.05) is 0 Å². The summed E-state index contributed by atoms with van der Waals surface area (Å²) >= 11 is 3.38. The van der Waals surface area contributed by atoms with Crippen LogP contribution in [0.3, 0.4) is 0 Å². The van der Waals surface area contributed by atoms with Crippen molar-refractivity contribution in [2.75, 3.05) is 12.4 Å². The fourth-order valence-electron chi connectivity index (χ4n) is 2.78. The molecule has 2 N–H and O–H groups in total. The molecule has 0 spiro atoms. The van der Waals surface area contributed by atoms with Crippen molar-refractivity contribution in [1.29, 1.82) is 0 Å². The van der Waals surface area contributed by atoms with Crippen LogP contribution >= 0.6 is 15.9 Å². The smallest absolute Gasteiger partial charge is 0.253 e. The minimum absolute atomic E-state index is 0.0714. The van der Waals surface area contributed by atoms with Crippen LogP contribution in [0.5, 0.6) is 5.75 Å². The predicted molar refractivity (Wildman–Crippen MR) is 99.3 cm³/mol. The van der Waals surface area contributed by atoms with Gasteiger partial charge in [-0.25, -0.2) is 4.39 Å². The highest BCUT2D eigenvalue weighted by molar-refractivity contribution is 9.10. The summed E-state index contributed by atoms with van der Waals surface area (Å²) in [6, 6.07) is 11.1. The molecule has 0 radical (unpaired) electrons. The number of methoxy groups -OCH3 is 1. The highest BCUT2D eigenvalue weighted by atomic mass is 79.9. The van der Waals surface area contributed by atoms with Gasteiger partial charge in [-0.15, -0.1) is 0 Å². The second-order valence-corrected chi connectivity index (χ2v) is 6.63. The van der Waals surface area contributed by atoms with Crippen molar-refractivity contribution in [3.8, 4) is 5.75 Å². The quantitative estimate of drug-likeness (QED) is 0.794. The molecule has 2 aromatic rings. The maximum atomic E-state index is 13.6. The van der Waals surface area contributed by atoms with Crippen molar-refractivity contribution in [2.24, 2.45) is 0 Å². The number of rotatable bonds is 4. The molecule has 0 saturated carbocycles. The molecule has 1 aliphatic rings. The fourth-order valence-corrected chi connectivity index (χ4v) is 3.13. The SMILES string of the molecule is COc1ccc(Br)c(NC(=O)C2=CNC(=O)CC2c2cccc(F)c2)c1. The number of benzene rings is 2. The van der Waals surface area contributed by atoms with Gasteiger partial charge in [-0.3, -0.25) is 9.59 Å². The average molecular weight is 419 g/mol. The van der Waals surface area contributed by atoms with E-state index in [9.17, 15) is 14.0 Å². The highest BCUT2D eigenvalue weighted by Crippen LogP contribution is 2.33. The second-order valence-electron chi connectivity index (χ2n) is 5.78. The van der Waals surface area contributed by atoms with Crippen LogP contribution in [0.25, 0.3) is 0 Å². The zero-order valence-corrected chi connectivity index (χ0v) is 15.5. The van der Waals surface area contributed by atoms with Gasteiger partial charge in [-0.05, 0) is 45.8 Å². The Balaban J connectivity index is 1.90. The number of hydrogen-bond acceptors (Lipinski definition) is 3. The molecule has 0 fully saturated rings. The number of hydrogen-bond donors (Lipinski definition) is 2. The van der Waals surface area contributed by atoms with Crippen LogP contribution in [-0.2, 0) is 9.59 Å². The first-order valence-electron chi connectivity index (χ1n) is 7.87. The Hall–Kier alpha value is -2.67. The van der Waals surface area contributed by atoms with E-state index in [4.69, 9.17) is 4.74 Å². The van der Waals surface area contributed by atoms with Crippen LogP contribution in [0.15, 0.2) is 58.7 Å². The van der Waals surface area contributed by atoms with Gasteiger partial charge in [0.1, 0.15) is 11.6 Å². The van der Waals surface area contributed by atoms with Crippen LogP contribution < -0.4 is 15.4 Å². The molecule has 134 valence electrons. The first-order chi connectivity index (χ1) is 12.5. The molecule has 1 aliphatic heterocycles. The number of halogens is 2. The number of carbonyl (C=O) groups is 2. The van der Waals surface area contributed by atoms with Crippen molar-refractivity contribution in [3.05, 3.63) is 70.1 Å². The molecule has 26 heavy (non-hydrogen) atoms. The first kappa shape index (κ1) is 18.1. The molecular weight excluding hydrogens is 403 g/mol. The van der Waals surface area contributed by atoms with Gasteiger partial charge in [0.05, 0.1) is 12.8 Å². The van der Waals surface area contributed by atoms with E-state index in [1.165, 1.54) is 25.4 Å². The molecule has 0 saturated heterocycles.